The summed E-state index contributed by atoms with van der Waals surface area (Å²) >= 11 is 5.73. The van der Waals surface area contributed by atoms with Crippen molar-refractivity contribution in [2.24, 2.45) is 0 Å². The third-order valence-electron chi connectivity index (χ3n) is 4.85. The molecule has 1 N–H and O–H groups in total. The number of anilines is 1. The maximum Gasteiger partial charge on any atom is 0.254 e. The van der Waals surface area contributed by atoms with Crippen molar-refractivity contribution in [3.63, 3.8) is 0 Å². The normalized spacial score (nSPS) is 14.1. The van der Waals surface area contributed by atoms with Crippen LogP contribution in [-0.2, 0) is 6.42 Å². The molecule has 150 valence electrons. The van der Waals surface area contributed by atoms with E-state index in [1.54, 1.807) is 18.5 Å². The lowest BCUT2D eigenvalue weighted by molar-refractivity contribution is 0.108. The van der Waals surface area contributed by atoms with Gasteiger partial charge in [0.15, 0.2) is 0 Å². The Balaban J connectivity index is 1.58. The van der Waals surface area contributed by atoms with Crippen molar-refractivity contribution in [1.29, 1.82) is 0 Å². The van der Waals surface area contributed by atoms with Gasteiger partial charge in [0, 0.05) is 31.2 Å². The number of carbonyl (C=O) groups is 1. The number of carbonyl (C=O) groups excluding carboxylic acids is 1. The first-order valence-corrected chi connectivity index (χ1v) is 9.93. The zero-order valence-corrected chi connectivity index (χ0v) is 17.1. The Hall–Kier alpha value is -2.84. The number of benzene rings is 1. The first-order chi connectivity index (χ1) is 14.0. The van der Waals surface area contributed by atoms with Gasteiger partial charge < -0.3 is 10.2 Å². The van der Waals surface area contributed by atoms with Crippen LogP contribution in [0.3, 0.4) is 0 Å². The van der Waals surface area contributed by atoms with Crippen LogP contribution in [0.25, 0.3) is 5.69 Å². The van der Waals surface area contributed by atoms with Gasteiger partial charge in [0.05, 0.1) is 29.3 Å². The van der Waals surface area contributed by atoms with Crippen LogP contribution in [0.1, 0.15) is 34.2 Å². The first-order valence-electron chi connectivity index (χ1n) is 9.56. The first kappa shape index (κ1) is 19.5. The Bertz CT molecular complexity index is 1020. The summed E-state index contributed by atoms with van der Waals surface area (Å²) in [5.41, 5.74) is 3.75. The van der Waals surface area contributed by atoms with Gasteiger partial charge in [-0.2, -0.15) is 15.0 Å². The number of hydrogen-bond donors (Lipinski definition) is 1. The molecule has 1 aliphatic rings. The molecule has 0 atom stereocenters. The standard InChI is InChI=1S/C20H22ClN7O/c1-3-22-16-11-27(12-16)20-25-13(2)8-15(26-20)9-14-4-5-17(19(21)29)18(10-14)28-23-6-7-24-28/h4-8,10,16,22H,3,9,11-12H2,1-2H3. The van der Waals surface area contributed by atoms with Crippen LogP contribution in [0.4, 0.5) is 5.95 Å². The molecule has 1 aromatic carbocycles. The summed E-state index contributed by atoms with van der Waals surface area (Å²) < 4.78 is 0. The van der Waals surface area contributed by atoms with Gasteiger partial charge in [-0.05, 0) is 48.8 Å². The van der Waals surface area contributed by atoms with Crippen LogP contribution in [-0.4, -0.2) is 55.9 Å². The lowest BCUT2D eigenvalue weighted by Crippen LogP contribution is -2.58. The summed E-state index contributed by atoms with van der Waals surface area (Å²) in [5, 5.41) is 11.1. The number of nitrogens with zero attached hydrogens (tertiary/aromatic N) is 6. The van der Waals surface area contributed by atoms with Crippen LogP contribution in [0.2, 0.25) is 0 Å². The molecule has 2 aromatic heterocycles. The molecule has 3 aromatic rings. The second-order valence-electron chi connectivity index (χ2n) is 7.08. The lowest BCUT2D eigenvalue weighted by Gasteiger charge is -2.39. The van der Waals surface area contributed by atoms with E-state index in [4.69, 9.17) is 16.6 Å². The molecular formula is C20H22ClN7O. The van der Waals surface area contributed by atoms with E-state index in [2.05, 4.69) is 32.3 Å². The zero-order valence-electron chi connectivity index (χ0n) is 16.3. The molecule has 9 heteroatoms. The summed E-state index contributed by atoms with van der Waals surface area (Å²) in [5.74, 6) is 0.760. The van der Waals surface area contributed by atoms with Gasteiger partial charge in [-0.1, -0.05) is 13.0 Å². The molecule has 0 saturated carbocycles. The Labute approximate surface area is 173 Å². The number of likely N-dealkylation sites (N-methyl/N-ethyl adjacent to an activating group) is 1. The number of aryl methyl sites for hydroxylation is 1. The maximum absolute atomic E-state index is 11.8. The number of hydrogen-bond acceptors (Lipinski definition) is 7. The number of aromatic nitrogens is 5. The largest absolute Gasteiger partial charge is 0.338 e. The minimum atomic E-state index is -0.544. The van der Waals surface area contributed by atoms with E-state index in [1.807, 2.05) is 25.1 Å². The molecule has 0 unspecified atom stereocenters. The van der Waals surface area contributed by atoms with E-state index in [1.165, 1.54) is 4.80 Å². The smallest absolute Gasteiger partial charge is 0.254 e. The van der Waals surface area contributed by atoms with E-state index >= 15 is 0 Å². The molecule has 0 amide bonds. The lowest BCUT2D eigenvalue weighted by atomic mass is 10.0. The molecule has 4 rings (SSSR count). The van der Waals surface area contributed by atoms with Crippen molar-refractivity contribution in [3.8, 4) is 5.69 Å². The van der Waals surface area contributed by atoms with Crippen molar-refractivity contribution in [2.45, 2.75) is 26.3 Å². The second-order valence-corrected chi connectivity index (χ2v) is 7.42. The van der Waals surface area contributed by atoms with Crippen LogP contribution in [0, 0.1) is 6.92 Å². The molecule has 1 fully saturated rings. The average molecular weight is 412 g/mol. The van der Waals surface area contributed by atoms with E-state index in [0.717, 1.165) is 42.5 Å². The highest BCUT2D eigenvalue weighted by atomic mass is 35.5. The molecule has 3 heterocycles. The highest BCUT2D eigenvalue weighted by Gasteiger charge is 2.28. The van der Waals surface area contributed by atoms with Crippen molar-refractivity contribution in [1.82, 2.24) is 30.3 Å². The van der Waals surface area contributed by atoms with Crippen LogP contribution >= 0.6 is 11.6 Å². The van der Waals surface area contributed by atoms with Crippen LogP contribution < -0.4 is 10.2 Å². The summed E-state index contributed by atoms with van der Waals surface area (Å²) in [4.78, 5) is 24.7. The van der Waals surface area contributed by atoms with Gasteiger partial charge in [-0.15, -0.1) is 0 Å². The van der Waals surface area contributed by atoms with Crippen LogP contribution in [0.15, 0.2) is 36.7 Å². The van der Waals surface area contributed by atoms with E-state index in [0.29, 0.717) is 23.7 Å². The molecule has 29 heavy (non-hydrogen) atoms. The summed E-state index contributed by atoms with van der Waals surface area (Å²) in [6.45, 7) is 6.88. The fourth-order valence-corrected chi connectivity index (χ4v) is 3.64. The van der Waals surface area contributed by atoms with E-state index in [9.17, 15) is 4.79 Å². The second kappa shape index (κ2) is 8.26. The average Bonchev–Trinajstić information content (AvgIpc) is 3.18. The molecular weight excluding hydrogens is 390 g/mol. The summed E-state index contributed by atoms with van der Waals surface area (Å²) in [7, 11) is 0. The minimum absolute atomic E-state index is 0.362. The Morgan fingerprint density at radius 1 is 1.21 bits per heavy atom. The number of halogens is 1. The molecule has 0 bridgehead atoms. The van der Waals surface area contributed by atoms with E-state index < -0.39 is 5.24 Å². The quantitative estimate of drug-likeness (QED) is 0.596. The van der Waals surface area contributed by atoms with Crippen molar-refractivity contribution in [3.05, 3.63) is 59.2 Å². The van der Waals surface area contributed by atoms with Crippen LogP contribution in [0.5, 0.6) is 0 Å². The monoisotopic (exact) mass is 411 g/mol. The third kappa shape index (κ3) is 4.28. The molecule has 1 saturated heterocycles. The van der Waals surface area contributed by atoms with Gasteiger partial charge in [0.1, 0.15) is 0 Å². The third-order valence-corrected chi connectivity index (χ3v) is 5.05. The summed E-state index contributed by atoms with van der Waals surface area (Å²) in [6, 6.07) is 7.94. The van der Waals surface area contributed by atoms with E-state index in [-0.39, 0.29) is 0 Å². The maximum atomic E-state index is 11.8. The van der Waals surface area contributed by atoms with Gasteiger partial charge in [-0.3, -0.25) is 4.79 Å². The van der Waals surface area contributed by atoms with Crippen molar-refractivity contribution >= 4 is 22.8 Å². The fraction of sp³-hybridized carbons (Fsp3) is 0.350. The molecule has 0 spiro atoms. The predicted molar refractivity (Wildman–Crippen MR) is 111 cm³/mol. The van der Waals surface area contributed by atoms with Crippen molar-refractivity contribution < 1.29 is 4.79 Å². The van der Waals surface area contributed by atoms with Gasteiger partial charge in [0.2, 0.25) is 5.95 Å². The van der Waals surface area contributed by atoms with Gasteiger partial charge in [0.25, 0.3) is 5.24 Å². The molecule has 1 aliphatic heterocycles. The Kier molecular flexibility index (Phi) is 5.55. The Morgan fingerprint density at radius 2 is 1.97 bits per heavy atom. The highest BCUT2D eigenvalue weighted by molar-refractivity contribution is 6.68. The molecule has 8 nitrogen and oxygen atoms in total. The number of rotatable bonds is 7. The van der Waals surface area contributed by atoms with Crippen molar-refractivity contribution in [2.75, 3.05) is 24.5 Å². The fourth-order valence-electron chi connectivity index (χ4n) is 3.48. The molecule has 0 aliphatic carbocycles. The highest BCUT2D eigenvalue weighted by Crippen LogP contribution is 2.22. The van der Waals surface area contributed by atoms with Gasteiger partial charge >= 0.3 is 0 Å². The Morgan fingerprint density at radius 3 is 2.66 bits per heavy atom. The number of nitrogens with one attached hydrogen (secondary N) is 1. The SMILES string of the molecule is CCNC1CN(c2nc(C)cc(Cc3ccc(C(=O)Cl)c(-n4nccn4)c3)n2)C1. The minimum Gasteiger partial charge on any atom is -0.338 e. The topological polar surface area (TPSA) is 88.8 Å². The van der Waals surface area contributed by atoms with Gasteiger partial charge in [-0.25, -0.2) is 9.97 Å². The predicted octanol–water partition coefficient (Wildman–Crippen LogP) is 2.13. The molecule has 0 radical (unpaired) electrons. The zero-order chi connectivity index (χ0) is 20.4. The summed E-state index contributed by atoms with van der Waals surface area (Å²) in [6.07, 6.45) is 3.72.